The summed E-state index contributed by atoms with van der Waals surface area (Å²) in [5.41, 5.74) is -2.34. The molecule has 0 aliphatic rings. The second-order valence-corrected chi connectivity index (χ2v) is 4.98. The maximum atomic E-state index is 13.3. The molecule has 0 atom stereocenters. The van der Waals surface area contributed by atoms with Gasteiger partial charge < -0.3 is 14.2 Å². The third-order valence-electron chi connectivity index (χ3n) is 2.89. The van der Waals surface area contributed by atoms with Crippen molar-refractivity contribution in [3.05, 3.63) is 22.5 Å². The van der Waals surface area contributed by atoms with Gasteiger partial charge in [0.2, 0.25) is 0 Å². The average molecular weight is 363 g/mol. The molecule has 0 bridgehead atoms. The van der Waals surface area contributed by atoms with Crippen LogP contribution in [0.4, 0.5) is 13.2 Å². The standard InChI is InChI=1S/C15H16F3NO6/c1-7-13(25-10(4)22)11(5-23-8(2)20)12(6-24-9(3)21)14(19-7)15(16,17)18/h5-6H2,1-4H3. The van der Waals surface area contributed by atoms with Crippen LogP contribution in [-0.2, 0) is 43.2 Å². The molecule has 0 saturated carbocycles. The van der Waals surface area contributed by atoms with Crippen molar-refractivity contribution in [3.8, 4) is 5.75 Å². The van der Waals surface area contributed by atoms with Gasteiger partial charge >= 0.3 is 24.1 Å². The zero-order chi connectivity index (χ0) is 19.4. The van der Waals surface area contributed by atoms with Gasteiger partial charge in [0.15, 0.2) is 11.4 Å². The summed E-state index contributed by atoms with van der Waals surface area (Å²) in [6, 6.07) is 0. The van der Waals surface area contributed by atoms with Crippen LogP contribution in [0.3, 0.4) is 0 Å². The van der Waals surface area contributed by atoms with Gasteiger partial charge in [-0.25, -0.2) is 4.98 Å². The lowest BCUT2D eigenvalue weighted by Crippen LogP contribution is -2.20. The fourth-order valence-electron chi connectivity index (χ4n) is 1.95. The minimum atomic E-state index is -4.86. The summed E-state index contributed by atoms with van der Waals surface area (Å²) in [5.74, 6) is -2.65. The van der Waals surface area contributed by atoms with E-state index in [-0.39, 0.29) is 17.0 Å². The minimum Gasteiger partial charge on any atom is -0.461 e. The number of pyridine rings is 1. The molecule has 0 saturated heterocycles. The first-order valence-electron chi connectivity index (χ1n) is 6.98. The van der Waals surface area contributed by atoms with Gasteiger partial charge in [-0.2, -0.15) is 13.2 Å². The molecule has 0 N–H and O–H groups in total. The van der Waals surface area contributed by atoms with Gasteiger partial charge in [0, 0.05) is 31.9 Å². The van der Waals surface area contributed by atoms with E-state index in [1.807, 2.05) is 0 Å². The number of halogens is 3. The number of rotatable bonds is 5. The molecule has 0 amide bonds. The van der Waals surface area contributed by atoms with E-state index >= 15 is 0 Å². The first-order valence-corrected chi connectivity index (χ1v) is 6.98. The number of hydrogen-bond donors (Lipinski definition) is 0. The van der Waals surface area contributed by atoms with Crippen LogP contribution in [0, 0.1) is 6.92 Å². The Bertz CT molecular complexity index is 699. The quantitative estimate of drug-likeness (QED) is 0.742. The molecule has 7 nitrogen and oxygen atoms in total. The number of aromatic nitrogens is 1. The Hall–Kier alpha value is -2.65. The number of ether oxygens (including phenoxy) is 3. The first-order chi connectivity index (χ1) is 11.4. The largest absolute Gasteiger partial charge is 0.461 e. The second kappa shape index (κ2) is 7.95. The molecule has 138 valence electrons. The summed E-state index contributed by atoms with van der Waals surface area (Å²) in [6.45, 7) is 2.96. The van der Waals surface area contributed by atoms with Crippen molar-refractivity contribution in [2.75, 3.05) is 0 Å². The summed E-state index contributed by atoms with van der Waals surface area (Å²) < 4.78 is 54.3. The Morgan fingerprint density at radius 3 is 1.80 bits per heavy atom. The molecular weight excluding hydrogens is 347 g/mol. The zero-order valence-corrected chi connectivity index (χ0v) is 13.9. The molecule has 0 unspecified atom stereocenters. The Labute approximate surface area is 141 Å². The molecule has 0 spiro atoms. The molecule has 10 heteroatoms. The molecule has 1 aromatic heterocycles. The number of hydrogen-bond acceptors (Lipinski definition) is 7. The van der Waals surface area contributed by atoms with Crippen molar-refractivity contribution in [2.45, 2.75) is 47.1 Å². The van der Waals surface area contributed by atoms with Crippen LogP contribution in [0.15, 0.2) is 0 Å². The number of aryl methyl sites for hydroxylation is 1. The van der Waals surface area contributed by atoms with Crippen LogP contribution in [-0.4, -0.2) is 22.9 Å². The Morgan fingerprint density at radius 1 is 0.920 bits per heavy atom. The van der Waals surface area contributed by atoms with Crippen molar-refractivity contribution in [3.63, 3.8) is 0 Å². The normalized spacial score (nSPS) is 11.0. The average Bonchev–Trinajstić information content (AvgIpc) is 2.44. The smallest absolute Gasteiger partial charge is 0.433 e. The predicted molar refractivity (Wildman–Crippen MR) is 76.2 cm³/mol. The van der Waals surface area contributed by atoms with Crippen LogP contribution in [0.5, 0.6) is 5.75 Å². The predicted octanol–water partition coefficient (Wildman–Crippen LogP) is 2.46. The molecule has 1 rings (SSSR count). The molecule has 0 radical (unpaired) electrons. The maximum absolute atomic E-state index is 13.3. The monoisotopic (exact) mass is 363 g/mol. The van der Waals surface area contributed by atoms with Crippen LogP contribution < -0.4 is 4.74 Å². The van der Waals surface area contributed by atoms with E-state index in [0.29, 0.717) is 0 Å². The fraction of sp³-hybridized carbons (Fsp3) is 0.467. The molecule has 0 aromatic carbocycles. The van der Waals surface area contributed by atoms with Crippen molar-refractivity contribution in [2.24, 2.45) is 0 Å². The van der Waals surface area contributed by atoms with Crippen LogP contribution in [0.1, 0.15) is 43.3 Å². The van der Waals surface area contributed by atoms with Gasteiger partial charge in [0.05, 0.1) is 5.69 Å². The summed E-state index contributed by atoms with van der Waals surface area (Å²) in [4.78, 5) is 36.7. The Morgan fingerprint density at radius 2 is 1.40 bits per heavy atom. The Kier molecular flexibility index (Phi) is 6.49. The van der Waals surface area contributed by atoms with E-state index in [0.717, 1.165) is 20.8 Å². The number of alkyl halides is 3. The topological polar surface area (TPSA) is 91.8 Å². The zero-order valence-electron chi connectivity index (χ0n) is 13.9. The summed E-state index contributed by atoms with van der Waals surface area (Å²) >= 11 is 0. The molecule has 1 heterocycles. The van der Waals surface area contributed by atoms with Crippen LogP contribution in [0.2, 0.25) is 0 Å². The number of esters is 3. The minimum absolute atomic E-state index is 0.226. The lowest BCUT2D eigenvalue weighted by atomic mass is 10.0. The SMILES string of the molecule is CC(=O)OCc1c(C(F)(F)F)nc(C)c(OC(C)=O)c1COC(C)=O. The van der Waals surface area contributed by atoms with Crippen molar-refractivity contribution >= 4 is 17.9 Å². The van der Waals surface area contributed by atoms with E-state index in [1.165, 1.54) is 6.92 Å². The van der Waals surface area contributed by atoms with Crippen LogP contribution in [0.25, 0.3) is 0 Å². The maximum Gasteiger partial charge on any atom is 0.433 e. The molecule has 25 heavy (non-hydrogen) atoms. The fourth-order valence-corrected chi connectivity index (χ4v) is 1.95. The highest BCUT2D eigenvalue weighted by atomic mass is 19.4. The Balaban J connectivity index is 3.62. The van der Waals surface area contributed by atoms with E-state index in [4.69, 9.17) is 9.47 Å². The lowest BCUT2D eigenvalue weighted by molar-refractivity contribution is -0.148. The first kappa shape index (κ1) is 20.4. The van der Waals surface area contributed by atoms with Gasteiger partial charge in [-0.1, -0.05) is 0 Å². The molecular formula is C15H16F3NO6. The second-order valence-electron chi connectivity index (χ2n) is 4.98. The van der Waals surface area contributed by atoms with Crippen LogP contribution >= 0.6 is 0 Å². The third-order valence-corrected chi connectivity index (χ3v) is 2.89. The van der Waals surface area contributed by atoms with Gasteiger partial charge in [-0.15, -0.1) is 0 Å². The van der Waals surface area contributed by atoms with Crippen molar-refractivity contribution in [1.82, 2.24) is 4.98 Å². The van der Waals surface area contributed by atoms with Gasteiger partial charge in [0.1, 0.15) is 13.2 Å². The molecule has 0 aliphatic carbocycles. The molecule has 0 aliphatic heterocycles. The summed E-state index contributed by atoms with van der Waals surface area (Å²) in [6.07, 6.45) is -4.86. The van der Waals surface area contributed by atoms with Crippen molar-refractivity contribution in [1.29, 1.82) is 0 Å². The summed E-state index contributed by atoms with van der Waals surface area (Å²) in [7, 11) is 0. The highest BCUT2D eigenvalue weighted by Crippen LogP contribution is 2.37. The molecule has 0 fully saturated rings. The van der Waals surface area contributed by atoms with Gasteiger partial charge in [-0.3, -0.25) is 14.4 Å². The van der Waals surface area contributed by atoms with E-state index in [9.17, 15) is 27.6 Å². The number of nitrogens with zero attached hydrogens (tertiary/aromatic N) is 1. The summed E-state index contributed by atoms with van der Waals surface area (Å²) in [5, 5.41) is 0. The van der Waals surface area contributed by atoms with Gasteiger partial charge in [0.25, 0.3) is 0 Å². The van der Waals surface area contributed by atoms with E-state index in [1.54, 1.807) is 0 Å². The third kappa shape index (κ3) is 5.73. The van der Waals surface area contributed by atoms with E-state index in [2.05, 4.69) is 9.72 Å². The highest BCUT2D eigenvalue weighted by Gasteiger charge is 2.38. The van der Waals surface area contributed by atoms with Gasteiger partial charge in [-0.05, 0) is 6.92 Å². The lowest BCUT2D eigenvalue weighted by Gasteiger charge is -2.20. The number of carbonyl (C=O) groups excluding carboxylic acids is 3. The van der Waals surface area contributed by atoms with E-state index < -0.39 is 48.6 Å². The number of carbonyl (C=O) groups is 3. The van der Waals surface area contributed by atoms with Crippen molar-refractivity contribution < 1.29 is 41.8 Å². The highest BCUT2D eigenvalue weighted by molar-refractivity contribution is 5.71. The molecule has 1 aromatic rings.